The predicted octanol–water partition coefficient (Wildman–Crippen LogP) is 0.925. The monoisotopic (exact) mass is 379 g/mol. The number of carbonyl (C=O) groups excluding carboxylic acids is 3. The maximum atomic E-state index is 12.9. The number of nitrogens with zero attached hydrogens (tertiary/aromatic N) is 2. The summed E-state index contributed by atoms with van der Waals surface area (Å²) >= 11 is 5.86. The van der Waals surface area contributed by atoms with Crippen LogP contribution in [0.3, 0.4) is 0 Å². The number of hydrogen-bond donors (Lipinski definition) is 2. The zero-order valence-corrected chi connectivity index (χ0v) is 16.0. The molecular weight excluding hydrogens is 356 g/mol. The minimum Gasteiger partial charge on any atom is -0.340 e. The van der Waals surface area contributed by atoms with Gasteiger partial charge in [0.25, 0.3) is 5.91 Å². The number of halogens is 1. The Bertz CT molecular complexity index is 716. The Morgan fingerprint density at radius 2 is 1.88 bits per heavy atom. The number of carbonyl (C=O) groups is 3. The molecule has 1 aliphatic rings. The van der Waals surface area contributed by atoms with Crippen molar-refractivity contribution in [3.8, 4) is 0 Å². The van der Waals surface area contributed by atoms with E-state index in [4.69, 9.17) is 11.6 Å². The second kappa shape index (κ2) is 8.91. The highest BCUT2D eigenvalue weighted by atomic mass is 35.5. The third-order valence-corrected chi connectivity index (χ3v) is 4.34. The SMILES string of the molecule is CCC(=NCCC[NH+](C)C)C1C(=O)NC(=O)N(c2ccc(Cl)cc2)C1=O. The molecule has 1 unspecified atom stereocenters. The number of aliphatic imine (C=N–C) groups is 1. The van der Waals surface area contributed by atoms with Crippen LogP contribution in [-0.2, 0) is 9.59 Å². The number of benzene rings is 1. The van der Waals surface area contributed by atoms with Crippen LogP contribution in [0, 0.1) is 5.92 Å². The number of imide groups is 2. The van der Waals surface area contributed by atoms with Gasteiger partial charge in [-0.3, -0.25) is 19.9 Å². The molecule has 0 saturated carbocycles. The second-order valence-corrected chi connectivity index (χ2v) is 6.85. The molecule has 1 aromatic carbocycles. The van der Waals surface area contributed by atoms with Crippen molar-refractivity contribution >= 4 is 40.8 Å². The van der Waals surface area contributed by atoms with Gasteiger partial charge in [-0.25, -0.2) is 9.69 Å². The third kappa shape index (κ3) is 4.68. The van der Waals surface area contributed by atoms with Crippen LogP contribution in [-0.4, -0.2) is 50.7 Å². The van der Waals surface area contributed by atoms with Crippen molar-refractivity contribution in [1.82, 2.24) is 5.32 Å². The Balaban J connectivity index is 2.24. The molecule has 1 aliphatic heterocycles. The molecule has 1 heterocycles. The van der Waals surface area contributed by atoms with E-state index >= 15 is 0 Å². The van der Waals surface area contributed by atoms with Crippen molar-refractivity contribution in [2.24, 2.45) is 10.9 Å². The Hall–Kier alpha value is -2.25. The van der Waals surface area contributed by atoms with Gasteiger partial charge in [0, 0.05) is 23.7 Å². The lowest BCUT2D eigenvalue weighted by Gasteiger charge is -2.30. The van der Waals surface area contributed by atoms with Crippen LogP contribution in [0.5, 0.6) is 0 Å². The summed E-state index contributed by atoms with van der Waals surface area (Å²) in [6.45, 7) is 3.33. The first-order chi connectivity index (χ1) is 12.3. The van der Waals surface area contributed by atoms with Crippen molar-refractivity contribution in [3.05, 3.63) is 29.3 Å². The van der Waals surface area contributed by atoms with Gasteiger partial charge in [0.15, 0.2) is 5.92 Å². The summed E-state index contributed by atoms with van der Waals surface area (Å²) in [6.07, 6.45) is 1.31. The highest BCUT2D eigenvalue weighted by Crippen LogP contribution is 2.24. The van der Waals surface area contributed by atoms with E-state index in [2.05, 4.69) is 24.4 Å². The number of hydrogen-bond acceptors (Lipinski definition) is 4. The molecular formula is C18H24ClN4O3+. The molecule has 0 bridgehead atoms. The van der Waals surface area contributed by atoms with E-state index in [1.165, 1.54) is 4.90 Å². The minimum absolute atomic E-state index is 0.362. The van der Waals surface area contributed by atoms with Crippen LogP contribution in [0.4, 0.5) is 10.5 Å². The van der Waals surface area contributed by atoms with Crippen LogP contribution < -0.4 is 15.1 Å². The van der Waals surface area contributed by atoms with Gasteiger partial charge in [-0.05, 0) is 30.7 Å². The Morgan fingerprint density at radius 1 is 1.23 bits per heavy atom. The average molecular weight is 380 g/mol. The van der Waals surface area contributed by atoms with Gasteiger partial charge < -0.3 is 4.90 Å². The van der Waals surface area contributed by atoms with Crippen molar-refractivity contribution in [3.63, 3.8) is 0 Å². The summed E-state index contributed by atoms with van der Waals surface area (Å²) in [5.74, 6) is -2.29. The Morgan fingerprint density at radius 3 is 2.46 bits per heavy atom. The summed E-state index contributed by atoms with van der Waals surface area (Å²) < 4.78 is 0. The number of urea groups is 1. The minimum atomic E-state index is -1.08. The fourth-order valence-electron chi connectivity index (χ4n) is 2.77. The molecule has 0 radical (unpaired) electrons. The van der Waals surface area contributed by atoms with E-state index in [1.807, 2.05) is 6.92 Å². The molecule has 1 aromatic rings. The molecule has 2 rings (SSSR count). The topological polar surface area (TPSA) is 83.3 Å². The van der Waals surface area contributed by atoms with E-state index in [1.54, 1.807) is 24.3 Å². The number of nitrogens with one attached hydrogen (secondary N) is 2. The van der Waals surface area contributed by atoms with Crippen molar-refractivity contribution in [1.29, 1.82) is 0 Å². The second-order valence-electron chi connectivity index (χ2n) is 6.41. The fraction of sp³-hybridized carbons (Fsp3) is 0.444. The van der Waals surface area contributed by atoms with Gasteiger partial charge in [0.05, 0.1) is 26.3 Å². The number of anilines is 1. The zero-order valence-electron chi connectivity index (χ0n) is 15.2. The highest BCUT2D eigenvalue weighted by molar-refractivity contribution is 6.35. The molecule has 7 nitrogen and oxygen atoms in total. The van der Waals surface area contributed by atoms with Gasteiger partial charge in [-0.1, -0.05) is 18.5 Å². The molecule has 1 saturated heterocycles. The molecule has 0 aromatic heterocycles. The first-order valence-corrected chi connectivity index (χ1v) is 8.99. The normalized spacial score (nSPS) is 18.5. The maximum Gasteiger partial charge on any atom is 0.335 e. The lowest BCUT2D eigenvalue weighted by molar-refractivity contribution is -0.858. The third-order valence-electron chi connectivity index (χ3n) is 4.09. The van der Waals surface area contributed by atoms with Gasteiger partial charge in [0.1, 0.15) is 0 Å². The van der Waals surface area contributed by atoms with E-state index in [-0.39, 0.29) is 0 Å². The van der Waals surface area contributed by atoms with Crippen molar-refractivity contribution in [2.75, 3.05) is 32.1 Å². The molecule has 4 amide bonds. The molecule has 26 heavy (non-hydrogen) atoms. The first kappa shape index (κ1) is 20.1. The fourth-order valence-corrected chi connectivity index (χ4v) is 2.89. The van der Waals surface area contributed by atoms with E-state index in [0.717, 1.165) is 17.9 Å². The predicted molar refractivity (Wildman–Crippen MR) is 101 cm³/mol. The summed E-state index contributed by atoms with van der Waals surface area (Å²) in [5, 5.41) is 2.75. The lowest BCUT2D eigenvalue weighted by atomic mass is 9.96. The van der Waals surface area contributed by atoms with E-state index in [0.29, 0.717) is 29.4 Å². The Kier molecular flexibility index (Phi) is 6.88. The zero-order chi connectivity index (χ0) is 19.3. The standard InChI is InChI=1S/C18H23ClN4O3/c1-4-14(20-10-5-11-22(2)3)15-16(24)21-18(26)23(17(15)25)13-8-6-12(19)7-9-13/h6-9,15H,4-5,10-11H2,1-3H3,(H,21,24,26)/p+1. The quantitative estimate of drug-likeness (QED) is 0.420. The average Bonchev–Trinajstić information content (AvgIpc) is 2.58. The van der Waals surface area contributed by atoms with E-state index < -0.39 is 23.8 Å². The molecule has 8 heteroatoms. The van der Waals surface area contributed by atoms with Crippen LogP contribution in [0.25, 0.3) is 0 Å². The number of barbiturate groups is 1. The highest BCUT2D eigenvalue weighted by Gasteiger charge is 2.43. The molecule has 2 N–H and O–H groups in total. The smallest absolute Gasteiger partial charge is 0.335 e. The van der Waals surface area contributed by atoms with Gasteiger partial charge in [-0.15, -0.1) is 0 Å². The van der Waals surface area contributed by atoms with Gasteiger partial charge >= 0.3 is 6.03 Å². The molecule has 0 aliphatic carbocycles. The van der Waals surface area contributed by atoms with Crippen LogP contribution in [0.15, 0.2) is 29.3 Å². The van der Waals surface area contributed by atoms with Crippen LogP contribution in [0.2, 0.25) is 5.02 Å². The van der Waals surface area contributed by atoms with Gasteiger partial charge in [-0.2, -0.15) is 0 Å². The van der Waals surface area contributed by atoms with Crippen LogP contribution >= 0.6 is 11.6 Å². The van der Waals surface area contributed by atoms with Crippen molar-refractivity contribution < 1.29 is 19.3 Å². The summed E-state index contributed by atoms with van der Waals surface area (Å²) in [4.78, 5) is 44.1. The Labute approximate surface area is 158 Å². The molecule has 1 atom stereocenters. The summed E-state index contributed by atoms with van der Waals surface area (Å²) in [7, 11) is 4.11. The van der Waals surface area contributed by atoms with Crippen molar-refractivity contribution in [2.45, 2.75) is 19.8 Å². The van der Waals surface area contributed by atoms with Gasteiger partial charge in [0.2, 0.25) is 5.91 Å². The largest absolute Gasteiger partial charge is 0.340 e. The van der Waals surface area contributed by atoms with Crippen LogP contribution in [0.1, 0.15) is 19.8 Å². The van der Waals surface area contributed by atoms with E-state index in [9.17, 15) is 14.4 Å². The lowest BCUT2D eigenvalue weighted by Crippen LogP contribution is -3.05. The molecule has 1 fully saturated rings. The summed E-state index contributed by atoms with van der Waals surface area (Å²) in [5.41, 5.74) is 0.855. The number of amides is 4. The molecule has 140 valence electrons. The maximum absolute atomic E-state index is 12.9. The number of quaternary nitrogens is 1. The number of rotatable bonds is 7. The molecule has 0 spiro atoms. The summed E-state index contributed by atoms with van der Waals surface area (Å²) in [6, 6.07) is 5.54. The first-order valence-electron chi connectivity index (χ1n) is 8.61.